The number of nitrogens with zero attached hydrogens (tertiary/aromatic N) is 2. The highest BCUT2D eigenvalue weighted by Crippen LogP contribution is 2.16. The summed E-state index contributed by atoms with van der Waals surface area (Å²) in [5, 5.41) is 7.42. The lowest BCUT2D eigenvalue weighted by Gasteiger charge is -2.09. The first kappa shape index (κ1) is 18.2. The van der Waals surface area contributed by atoms with Gasteiger partial charge in [-0.3, -0.25) is 4.79 Å². The summed E-state index contributed by atoms with van der Waals surface area (Å²) in [5.41, 5.74) is 0.728. The van der Waals surface area contributed by atoms with E-state index in [1.807, 2.05) is 6.92 Å². The van der Waals surface area contributed by atoms with Crippen LogP contribution in [0.25, 0.3) is 0 Å². The standard InChI is InChI=1S/C16H28BrN3O/c1-3-5-6-7-8-9-10-11-12-18-14-13-19-20(4-2)16(21)15(14)17/h13,18H,3-12H2,1-2H3. The van der Waals surface area contributed by atoms with Crippen LogP contribution in [-0.4, -0.2) is 16.3 Å². The molecule has 0 fully saturated rings. The molecule has 0 amide bonds. The van der Waals surface area contributed by atoms with Gasteiger partial charge < -0.3 is 5.32 Å². The fourth-order valence-electron chi connectivity index (χ4n) is 2.30. The Kier molecular flexibility index (Phi) is 9.39. The molecule has 21 heavy (non-hydrogen) atoms. The van der Waals surface area contributed by atoms with Crippen LogP contribution in [-0.2, 0) is 6.54 Å². The van der Waals surface area contributed by atoms with Crippen LogP contribution in [0.5, 0.6) is 0 Å². The predicted molar refractivity (Wildman–Crippen MR) is 93.0 cm³/mol. The minimum atomic E-state index is -0.0709. The summed E-state index contributed by atoms with van der Waals surface area (Å²) in [5.74, 6) is 0. The molecule has 0 atom stereocenters. The molecular formula is C16H28BrN3O. The first-order chi connectivity index (χ1) is 10.2. The van der Waals surface area contributed by atoms with Crippen LogP contribution >= 0.6 is 15.9 Å². The van der Waals surface area contributed by atoms with Crippen LogP contribution < -0.4 is 10.9 Å². The van der Waals surface area contributed by atoms with E-state index in [1.54, 1.807) is 6.20 Å². The molecule has 0 saturated heterocycles. The summed E-state index contributed by atoms with van der Waals surface area (Å²) in [6.07, 6.45) is 12.2. The molecular weight excluding hydrogens is 330 g/mol. The predicted octanol–water partition coefficient (Wildman–Crippen LogP) is 4.58. The van der Waals surface area contributed by atoms with Crippen LogP contribution in [0.4, 0.5) is 5.69 Å². The lowest BCUT2D eigenvalue weighted by atomic mass is 10.1. The van der Waals surface area contributed by atoms with Gasteiger partial charge in [0.2, 0.25) is 0 Å². The lowest BCUT2D eigenvalue weighted by Crippen LogP contribution is -2.23. The van der Waals surface area contributed by atoms with E-state index in [0.717, 1.165) is 18.7 Å². The number of unbranched alkanes of at least 4 members (excludes halogenated alkanes) is 7. The number of rotatable bonds is 11. The first-order valence-corrected chi connectivity index (χ1v) is 8.99. The molecule has 120 valence electrons. The maximum Gasteiger partial charge on any atom is 0.283 e. The average Bonchev–Trinajstić information content (AvgIpc) is 2.50. The van der Waals surface area contributed by atoms with Gasteiger partial charge in [-0.05, 0) is 29.3 Å². The van der Waals surface area contributed by atoms with Gasteiger partial charge in [-0.2, -0.15) is 5.10 Å². The Morgan fingerprint density at radius 3 is 2.33 bits per heavy atom. The highest BCUT2D eigenvalue weighted by Gasteiger charge is 2.06. The molecule has 1 aromatic rings. The molecule has 0 radical (unpaired) electrons. The molecule has 0 aliphatic rings. The van der Waals surface area contributed by atoms with Crippen LogP contribution in [0.1, 0.15) is 65.2 Å². The summed E-state index contributed by atoms with van der Waals surface area (Å²) >= 11 is 3.35. The van der Waals surface area contributed by atoms with E-state index < -0.39 is 0 Å². The molecule has 0 saturated carbocycles. The maximum atomic E-state index is 11.9. The Balaban J connectivity index is 2.19. The van der Waals surface area contributed by atoms with E-state index >= 15 is 0 Å². The molecule has 4 nitrogen and oxygen atoms in total. The number of nitrogens with one attached hydrogen (secondary N) is 1. The van der Waals surface area contributed by atoms with Crippen LogP contribution in [0.15, 0.2) is 15.5 Å². The zero-order valence-corrected chi connectivity index (χ0v) is 14.9. The number of aromatic nitrogens is 2. The second-order valence-electron chi connectivity index (χ2n) is 5.39. The Labute approximate surface area is 136 Å². The van der Waals surface area contributed by atoms with E-state index in [1.165, 1.54) is 49.6 Å². The molecule has 1 aromatic heterocycles. The topological polar surface area (TPSA) is 46.9 Å². The zero-order valence-electron chi connectivity index (χ0n) is 13.3. The summed E-state index contributed by atoms with van der Waals surface area (Å²) in [4.78, 5) is 11.9. The van der Waals surface area contributed by atoms with Crippen molar-refractivity contribution < 1.29 is 0 Å². The smallest absolute Gasteiger partial charge is 0.283 e. The Morgan fingerprint density at radius 2 is 1.71 bits per heavy atom. The fourth-order valence-corrected chi connectivity index (χ4v) is 2.74. The molecule has 0 unspecified atom stereocenters. The van der Waals surface area contributed by atoms with Gasteiger partial charge in [0.1, 0.15) is 4.47 Å². The quantitative estimate of drug-likeness (QED) is 0.589. The molecule has 0 aliphatic heterocycles. The monoisotopic (exact) mass is 357 g/mol. The van der Waals surface area contributed by atoms with Crippen molar-refractivity contribution in [1.29, 1.82) is 0 Å². The molecule has 1 rings (SSSR count). The highest BCUT2D eigenvalue weighted by atomic mass is 79.9. The summed E-state index contributed by atoms with van der Waals surface area (Å²) in [6.45, 7) is 5.65. The minimum Gasteiger partial charge on any atom is -0.383 e. The zero-order chi connectivity index (χ0) is 15.5. The Morgan fingerprint density at radius 1 is 1.10 bits per heavy atom. The SMILES string of the molecule is CCCCCCCCCCNc1cnn(CC)c(=O)c1Br. The third kappa shape index (κ3) is 6.64. The number of aryl methyl sites for hydroxylation is 1. The molecule has 5 heteroatoms. The number of halogens is 1. The number of hydrogen-bond donors (Lipinski definition) is 1. The van der Waals surface area contributed by atoms with Gasteiger partial charge in [0.05, 0.1) is 11.9 Å². The third-order valence-corrected chi connectivity index (χ3v) is 4.40. The molecule has 0 aliphatic carbocycles. The number of hydrogen-bond acceptors (Lipinski definition) is 3. The second-order valence-corrected chi connectivity index (χ2v) is 6.19. The minimum absolute atomic E-state index is 0.0709. The molecule has 0 bridgehead atoms. The molecule has 0 spiro atoms. The van der Waals surface area contributed by atoms with Gasteiger partial charge >= 0.3 is 0 Å². The van der Waals surface area contributed by atoms with Crippen LogP contribution in [0.2, 0.25) is 0 Å². The van der Waals surface area contributed by atoms with Crippen molar-refractivity contribution in [1.82, 2.24) is 9.78 Å². The highest BCUT2D eigenvalue weighted by molar-refractivity contribution is 9.10. The van der Waals surface area contributed by atoms with Gasteiger partial charge in [0.25, 0.3) is 5.56 Å². The largest absolute Gasteiger partial charge is 0.383 e. The van der Waals surface area contributed by atoms with Gasteiger partial charge in [-0.25, -0.2) is 4.68 Å². The van der Waals surface area contributed by atoms with Crippen molar-refractivity contribution >= 4 is 21.6 Å². The van der Waals surface area contributed by atoms with Crippen molar-refractivity contribution in [3.8, 4) is 0 Å². The van der Waals surface area contributed by atoms with E-state index in [-0.39, 0.29) is 5.56 Å². The summed E-state index contributed by atoms with van der Waals surface area (Å²) < 4.78 is 2.03. The van der Waals surface area contributed by atoms with Crippen molar-refractivity contribution in [2.45, 2.75) is 71.8 Å². The van der Waals surface area contributed by atoms with Crippen molar-refractivity contribution in [3.05, 3.63) is 21.0 Å². The Hall–Kier alpha value is -0.840. The van der Waals surface area contributed by atoms with Crippen LogP contribution in [0, 0.1) is 0 Å². The number of anilines is 1. The van der Waals surface area contributed by atoms with Crippen molar-refractivity contribution in [3.63, 3.8) is 0 Å². The van der Waals surface area contributed by atoms with Gasteiger partial charge in [-0.1, -0.05) is 51.9 Å². The average molecular weight is 358 g/mol. The van der Waals surface area contributed by atoms with E-state index in [2.05, 4.69) is 33.3 Å². The molecule has 1 heterocycles. The third-order valence-electron chi connectivity index (χ3n) is 3.63. The normalized spacial score (nSPS) is 10.8. The van der Waals surface area contributed by atoms with E-state index in [4.69, 9.17) is 0 Å². The van der Waals surface area contributed by atoms with Gasteiger partial charge in [0, 0.05) is 13.1 Å². The maximum absolute atomic E-state index is 11.9. The van der Waals surface area contributed by atoms with E-state index in [9.17, 15) is 4.79 Å². The van der Waals surface area contributed by atoms with E-state index in [0.29, 0.717) is 11.0 Å². The lowest BCUT2D eigenvalue weighted by molar-refractivity contribution is 0.580. The Bertz CT molecular complexity index is 459. The fraction of sp³-hybridized carbons (Fsp3) is 0.750. The molecule has 0 aromatic carbocycles. The van der Waals surface area contributed by atoms with Gasteiger partial charge in [-0.15, -0.1) is 0 Å². The summed E-state index contributed by atoms with van der Waals surface area (Å²) in [6, 6.07) is 0. The van der Waals surface area contributed by atoms with Crippen LogP contribution in [0.3, 0.4) is 0 Å². The summed E-state index contributed by atoms with van der Waals surface area (Å²) in [7, 11) is 0. The first-order valence-electron chi connectivity index (χ1n) is 8.20. The molecule has 1 N–H and O–H groups in total. The van der Waals surface area contributed by atoms with Crippen molar-refractivity contribution in [2.75, 3.05) is 11.9 Å². The van der Waals surface area contributed by atoms with Gasteiger partial charge in [0.15, 0.2) is 0 Å². The second kappa shape index (κ2) is 10.8. The van der Waals surface area contributed by atoms with Crippen molar-refractivity contribution in [2.24, 2.45) is 0 Å².